The molecular weight excluding hydrogens is 184 g/mol. The molecule has 0 aromatic carbocycles. The molecule has 1 N–H and O–H groups in total. The number of rotatable bonds is 2. The third-order valence-corrected chi connectivity index (χ3v) is 1.87. The summed E-state index contributed by atoms with van der Waals surface area (Å²) in [7, 11) is 0. The highest BCUT2D eigenvalue weighted by atomic mass is 16.5. The van der Waals surface area contributed by atoms with E-state index in [1.54, 1.807) is 19.9 Å². The van der Waals surface area contributed by atoms with E-state index in [1.165, 1.54) is 0 Å². The molecule has 0 radical (unpaired) electrons. The van der Waals surface area contributed by atoms with Gasteiger partial charge < -0.3 is 4.52 Å². The van der Waals surface area contributed by atoms with Gasteiger partial charge in [0, 0.05) is 6.07 Å². The van der Waals surface area contributed by atoms with Crippen LogP contribution in [0.4, 0.5) is 5.69 Å². The number of hydrogen-bond acceptors (Lipinski definition) is 5. The van der Waals surface area contributed by atoms with Crippen LogP contribution in [0.5, 0.6) is 0 Å². The minimum absolute atomic E-state index is 0.265. The Morgan fingerprint density at radius 2 is 2.29 bits per heavy atom. The summed E-state index contributed by atoms with van der Waals surface area (Å²) in [5.41, 5.74) is 2.01. The molecule has 2 aromatic rings. The van der Waals surface area contributed by atoms with Crippen LogP contribution in [0.2, 0.25) is 0 Å². The van der Waals surface area contributed by atoms with Gasteiger partial charge >= 0.3 is 0 Å². The molecule has 14 heavy (non-hydrogen) atoms. The first-order chi connectivity index (χ1) is 6.72. The Balaban J connectivity index is 2.56. The fourth-order valence-electron chi connectivity index (χ4n) is 1.18. The molecule has 0 unspecified atom stereocenters. The predicted octanol–water partition coefficient (Wildman–Crippen LogP) is 2.08. The summed E-state index contributed by atoms with van der Waals surface area (Å²) in [5.74, 6) is 0.446. The Morgan fingerprint density at radius 1 is 1.50 bits per heavy atom. The average Bonchev–Trinajstić information content (AvgIpc) is 2.71. The number of aromatic amines is 1. The number of H-pyrrole nitrogens is 1. The maximum atomic E-state index is 10.5. The third kappa shape index (κ3) is 1.20. The first-order valence-electron chi connectivity index (χ1n) is 4.04. The van der Waals surface area contributed by atoms with E-state index in [1.807, 2.05) is 0 Å². The Labute approximate surface area is 79.3 Å². The van der Waals surface area contributed by atoms with E-state index in [2.05, 4.69) is 20.5 Å². The Morgan fingerprint density at radius 3 is 2.86 bits per heavy atom. The maximum Gasteiger partial charge on any atom is 0.189 e. The highest BCUT2D eigenvalue weighted by Crippen LogP contribution is 2.30. The van der Waals surface area contributed by atoms with Crippen LogP contribution in [0.25, 0.3) is 11.5 Å². The molecule has 0 aliphatic carbocycles. The summed E-state index contributed by atoms with van der Waals surface area (Å²) < 4.78 is 4.97. The van der Waals surface area contributed by atoms with E-state index < -0.39 is 0 Å². The fourth-order valence-corrected chi connectivity index (χ4v) is 1.18. The molecule has 0 aliphatic heterocycles. The number of nitrogens with zero attached hydrogens (tertiary/aromatic N) is 3. The van der Waals surface area contributed by atoms with Crippen LogP contribution in [0.1, 0.15) is 11.4 Å². The number of nitroso groups, excluding NO2 is 1. The molecular formula is C8H8N4O2. The lowest BCUT2D eigenvalue weighted by molar-refractivity contribution is 0.426. The minimum atomic E-state index is 0.265. The highest BCUT2D eigenvalue weighted by molar-refractivity contribution is 5.69. The summed E-state index contributed by atoms with van der Waals surface area (Å²) in [4.78, 5) is 10.5. The van der Waals surface area contributed by atoms with Gasteiger partial charge in [-0.3, -0.25) is 5.10 Å². The van der Waals surface area contributed by atoms with Crippen LogP contribution < -0.4 is 0 Å². The molecule has 2 rings (SSSR count). The van der Waals surface area contributed by atoms with Gasteiger partial charge in [0.2, 0.25) is 0 Å². The van der Waals surface area contributed by atoms with Gasteiger partial charge in [0.15, 0.2) is 17.1 Å². The number of nitrogens with one attached hydrogen (secondary N) is 1. The number of aromatic nitrogens is 3. The van der Waals surface area contributed by atoms with Crippen molar-refractivity contribution in [1.82, 2.24) is 15.4 Å². The predicted molar refractivity (Wildman–Crippen MR) is 49.0 cm³/mol. The van der Waals surface area contributed by atoms with Crippen LogP contribution in [-0.2, 0) is 0 Å². The van der Waals surface area contributed by atoms with Crippen molar-refractivity contribution in [1.29, 1.82) is 0 Å². The van der Waals surface area contributed by atoms with Gasteiger partial charge in [-0.15, -0.1) is 4.91 Å². The van der Waals surface area contributed by atoms with Crippen molar-refractivity contribution in [2.45, 2.75) is 13.8 Å². The van der Waals surface area contributed by atoms with Crippen molar-refractivity contribution >= 4 is 5.69 Å². The van der Waals surface area contributed by atoms with E-state index in [-0.39, 0.29) is 5.69 Å². The fraction of sp³-hybridized carbons (Fsp3) is 0.250. The van der Waals surface area contributed by atoms with Crippen molar-refractivity contribution in [3.8, 4) is 11.5 Å². The Bertz CT molecular complexity index is 471. The van der Waals surface area contributed by atoms with Crippen molar-refractivity contribution in [3.63, 3.8) is 0 Å². The van der Waals surface area contributed by atoms with Gasteiger partial charge in [0.25, 0.3) is 0 Å². The molecule has 6 heteroatoms. The van der Waals surface area contributed by atoms with Gasteiger partial charge in [-0.05, 0) is 19.0 Å². The van der Waals surface area contributed by atoms with E-state index in [9.17, 15) is 4.91 Å². The summed E-state index contributed by atoms with van der Waals surface area (Å²) in [6.07, 6.45) is 0. The SMILES string of the molecule is Cc1cc(-c2n[nH]c(C)c2N=O)on1. The van der Waals surface area contributed by atoms with Crippen molar-refractivity contribution in [2.24, 2.45) is 5.18 Å². The molecule has 0 saturated heterocycles. The Kier molecular flexibility index (Phi) is 1.88. The standard InChI is InChI=1S/C8H8N4O2/c1-4-3-6(14-12-4)8-7(11-13)5(2)9-10-8/h3H,1-2H3,(H,9,10). The second-order valence-electron chi connectivity index (χ2n) is 2.97. The smallest absolute Gasteiger partial charge is 0.189 e. The monoisotopic (exact) mass is 192 g/mol. The average molecular weight is 192 g/mol. The molecule has 2 heterocycles. The molecule has 0 amide bonds. The number of hydrogen-bond donors (Lipinski definition) is 1. The van der Waals surface area contributed by atoms with Crippen LogP contribution in [0.3, 0.4) is 0 Å². The first-order valence-corrected chi connectivity index (χ1v) is 4.04. The summed E-state index contributed by atoms with van der Waals surface area (Å²) in [5, 5.41) is 13.2. The van der Waals surface area contributed by atoms with Crippen molar-refractivity contribution < 1.29 is 4.52 Å². The minimum Gasteiger partial charge on any atom is -0.354 e. The lowest BCUT2D eigenvalue weighted by Gasteiger charge is -1.87. The van der Waals surface area contributed by atoms with E-state index in [4.69, 9.17) is 4.52 Å². The summed E-state index contributed by atoms with van der Waals surface area (Å²) in [6.45, 7) is 3.51. The summed E-state index contributed by atoms with van der Waals surface area (Å²) in [6, 6.07) is 1.70. The zero-order chi connectivity index (χ0) is 10.1. The zero-order valence-electron chi connectivity index (χ0n) is 7.74. The topological polar surface area (TPSA) is 84.1 Å². The largest absolute Gasteiger partial charge is 0.354 e. The van der Waals surface area contributed by atoms with Gasteiger partial charge in [-0.25, -0.2) is 0 Å². The third-order valence-electron chi connectivity index (χ3n) is 1.87. The quantitative estimate of drug-likeness (QED) is 0.738. The lowest BCUT2D eigenvalue weighted by atomic mass is 10.2. The number of aryl methyl sites for hydroxylation is 2. The van der Waals surface area contributed by atoms with E-state index in [0.29, 0.717) is 17.1 Å². The van der Waals surface area contributed by atoms with Gasteiger partial charge in [-0.1, -0.05) is 5.16 Å². The molecule has 6 nitrogen and oxygen atoms in total. The van der Waals surface area contributed by atoms with E-state index in [0.717, 1.165) is 5.69 Å². The van der Waals surface area contributed by atoms with Crippen LogP contribution in [0, 0.1) is 18.8 Å². The zero-order valence-corrected chi connectivity index (χ0v) is 7.74. The first kappa shape index (κ1) is 8.61. The molecule has 0 saturated carbocycles. The van der Waals surface area contributed by atoms with Crippen molar-refractivity contribution in [3.05, 3.63) is 22.4 Å². The maximum absolute atomic E-state index is 10.5. The second-order valence-corrected chi connectivity index (χ2v) is 2.97. The normalized spacial score (nSPS) is 10.4. The lowest BCUT2D eigenvalue weighted by Crippen LogP contribution is -1.73. The second kappa shape index (κ2) is 3.06. The molecule has 72 valence electrons. The van der Waals surface area contributed by atoms with Crippen molar-refractivity contribution in [2.75, 3.05) is 0 Å². The van der Waals surface area contributed by atoms with Crippen LogP contribution >= 0.6 is 0 Å². The van der Waals surface area contributed by atoms with Crippen LogP contribution in [-0.4, -0.2) is 15.4 Å². The molecule has 0 bridgehead atoms. The summed E-state index contributed by atoms with van der Waals surface area (Å²) >= 11 is 0. The molecule has 0 spiro atoms. The highest BCUT2D eigenvalue weighted by Gasteiger charge is 2.16. The van der Waals surface area contributed by atoms with Gasteiger partial charge in [0.1, 0.15) is 0 Å². The van der Waals surface area contributed by atoms with Gasteiger partial charge in [0.05, 0.1) is 11.4 Å². The van der Waals surface area contributed by atoms with Crippen LogP contribution in [0.15, 0.2) is 15.8 Å². The molecule has 0 atom stereocenters. The molecule has 2 aromatic heterocycles. The molecule has 0 aliphatic rings. The Hall–Kier alpha value is -1.98. The van der Waals surface area contributed by atoms with E-state index >= 15 is 0 Å². The van der Waals surface area contributed by atoms with Gasteiger partial charge in [-0.2, -0.15) is 5.10 Å². The molecule has 0 fully saturated rings.